The molecule has 16 heavy (non-hydrogen) atoms. The standard InChI is InChI=1S/C10H16O6/c1-10(16,5-4-9(14)15)6-7(11)2-3-8(12)13/h16H,2-6H2,1H3,(H,12,13)(H,14,15). The number of aliphatic hydroxyl groups is 1. The molecule has 0 saturated heterocycles. The quantitative estimate of drug-likeness (QED) is 0.559. The number of carbonyl (C=O) groups is 3. The number of carboxylic acid groups (broad SMARTS) is 2. The van der Waals surface area contributed by atoms with Crippen molar-refractivity contribution in [2.24, 2.45) is 0 Å². The second kappa shape index (κ2) is 6.22. The zero-order valence-corrected chi connectivity index (χ0v) is 9.10. The Morgan fingerprint density at radius 3 is 1.94 bits per heavy atom. The summed E-state index contributed by atoms with van der Waals surface area (Å²) >= 11 is 0. The molecule has 0 aliphatic heterocycles. The molecule has 0 aromatic carbocycles. The number of aliphatic carboxylic acids is 2. The van der Waals surface area contributed by atoms with Crippen molar-refractivity contribution in [3.05, 3.63) is 0 Å². The van der Waals surface area contributed by atoms with E-state index in [0.29, 0.717) is 0 Å². The van der Waals surface area contributed by atoms with Gasteiger partial charge in [-0.1, -0.05) is 0 Å². The first-order valence-corrected chi connectivity index (χ1v) is 4.90. The van der Waals surface area contributed by atoms with Crippen molar-refractivity contribution in [1.29, 1.82) is 0 Å². The fourth-order valence-electron chi connectivity index (χ4n) is 1.22. The molecule has 0 bridgehead atoms. The van der Waals surface area contributed by atoms with Gasteiger partial charge in [-0.05, 0) is 13.3 Å². The zero-order valence-electron chi connectivity index (χ0n) is 9.10. The summed E-state index contributed by atoms with van der Waals surface area (Å²) in [5.74, 6) is -2.49. The van der Waals surface area contributed by atoms with E-state index in [0.717, 1.165) is 0 Å². The maximum Gasteiger partial charge on any atom is 0.303 e. The lowest BCUT2D eigenvalue weighted by Crippen LogP contribution is -2.28. The van der Waals surface area contributed by atoms with E-state index >= 15 is 0 Å². The molecule has 1 unspecified atom stereocenters. The van der Waals surface area contributed by atoms with E-state index in [1.807, 2.05) is 0 Å². The summed E-state index contributed by atoms with van der Waals surface area (Å²) in [7, 11) is 0. The van der Waals surface area contributed by atoms with Gasteiger partial charge in [0, 0.05) is 19.3 Å². The van der Waals surface area contributed by atoms with Gasteiger partial charge < -0.3 is 15.3 Å². The number of hydrogen-bond donors (Lipinski definition) is 3. The number of Topliss-reactive ketones (excluding diaryl/α,β-unsaturated/α-hetero) is 1. The van der Waals surface area contributed by atoms with Crippen molar-refractivity contribution in [2.45, 2.75) is 44.6 Å². The first-order valence-electron chi connectivity index (χ1n) is 4.90. The summed E-state index contributed by atoms with van der Waals surface area (Å²) in [5.41, 5.74) is -1.38. The lowest BCUT2D eigenvalue weighted by atomic mass is 9.92. The molecule has 92 valence electrons. The minimum absolute atomic E-state index is 0.0266. The first kappa shape index (κ1) is 14.6. The molecule has 0 aliphatic carbocycles. The van der Waals surface area contributed by atoms with Gasteiger partial charge in [-0.25, -0.2) is 0 Å². The van der Waals surface area contributed by atoms with Gasteiger partial charge in [0.15, 0.2) is 0 Å². The molecule has 6 nitrogen and oxygen atoms in total. The molecule has 0 spiro atoms. The molecule has 0 aliphatic rings. The van der Waals surface area contributed by atoms with Crippen LogP contribution in [0.25, 0.3) is 0 Å². The highest BCUT2D eigenvalue weighted by Gasteiger charge is 2.25. The molecule has 0 aromatic heterocycles. The van der Waals surface area contributed by atoms with Crippen molar-refractivity contribution in [3.8, 4) is 0 Å². The van der Waals surface area contributed by atoms with Gasteiger partial charge in [0.25, 0.3) is 0 Å². The lowest BCUT2D eigenvalue weighted by molar-refractivity contribution is -0.139. The van der Waals surface area contributed by atoms with Gasteiger partial charge in [0.2, 0.25) is 0 Å². The van der Waals surface area contributed by atoms with Crippen LogP contribution in [-0.2, 0) is 14.4 Å². The van der Waals surface area contributed by atoms with Crippen molar-refractivity contribution >= 4 is 17.7 Å². The lowest BCUT2D eigenvalue weighted by Gasteiger charge is -2.21. The van der Waals surface area contributed by atoms with Crippen molar-refractivity contribution in [1.82, 2.24) is 0 Å². The number of carboxylic acids is 2. The largest absolute Gasteiger partial charge is 0.481 e. The van der Waals surface area contributed by atoms with Crippen LogP contribution in [0.3, 0.4) is 0 Å². The molecule has 0 aromatic rings. The van der Waals surface area contributed by atoms with Gasteiger partial charge in [-0.3, -0.25) is 14.4 Å². The van der Waals surface area contributed by atoms with E-state index in [1.165, 1.54) is 6.92 Å². The summed E-state index contributed by atoms with van der Waals surface area (Å²) in [5, 5.41) is 26.4. The van der Waals surface area contributed by atoms with Crippen molar-refractivity contribution in [3.63, 3.8) is 0 Å². The van der Waals surface area contributed by atoms with Crippen LogP contribution in [0, 0.1) is 0 Å². The Labute approximate surface area is 92.9 Å². The molecule has 0 saturated carbocycles. The smallest absolute Gasteiger partial charge is 0.303 e. The van der Waals surface area contributed by atoms with Crippen LogP contribution >= 0.6 is 0 Å². The fourth-order valence-corrected chi connectivity index (χ4v) is 1.22. The zero-order chi connectivity index (χ0) is 12.8. The molecule has 0 rings (SSSR count). The Kier molecular flexibility index (Phi) is 5.66. The van der Waals surface area contributed by atoms with E-state index in [2.05, 4.69) is 0 Å². The molecule has 6 heteroatoms. The maximum atomic E-state index is 11.2. The minimum Gasteiger partial charge on any atom is -0.481 e. The number of rotatable bonds is 8. The summed E-state index contributed by atoms with van der Waals surface area (Å²) in [6.45, 7) is 1.37. The Morgan fingerprint density at radius 2 is 1.50 bits per heavy atom. The predicted octanol–water partition coefficient (Wildman–Crippen LogP) is 0.426. The third-order valence-corrected chi connectivity index (χ3v) is 2.07. The van der Waals surface area contributed by atoms with Crippen molar-refractivity contribution in [2.75, 3.05) is 0 Å². The van der Waals surface area contributed by atoms with E-state index in [9.17, 15) is 19.5 Å². The van der Waals surface area contributed by atoms with Gasteiger partial charge in [-0.2, -0.15) is 0 Å². The average molecular weight is 232 g/mol. The Bertz CT molecular complexity index is 281. The van der Waals surface area contributed by atoms with Gasteiger partial charge in [-0.15, -0.1) is 0 Å². The molecular weight excluding hydrogens is 216 g/mol. The van der Waals surface area contributed by atoms with Crippen LogP contribution in [0.1, 0.15) is 39.0 Å². The summed E-state index contributed by atoms with van der Waals surface area (Å²) in [6.07, 6.45) is -0.875. The Morgan fingerprint density at radius 1 is 1.00 bits per heavy atom. The second-order valence-corrected chi connectivity index (χ2v) is 4.00. The van der Waals surface area contributed by atoms with Crippen LogP contribution in [0.4, 0.5) is 0 Å². The molecule has 3 N–H and O–H groups in total. The fraction of sp³-hybridized carbons (Fsp3) is 0.700. The highest BCUT2D eigenvalue weighted by Crippen LogP contribution is 2.18. The summed E-state index contributed by atoms with van der Waals surface area (Å²) < 4.78 is 0. The van der Waals surface area contributed by atoms with Crippen LogP contribution < -0.4 is 0 Å². The highest BCUT2D eigenvalue weighted by molar-refractivity contribution is 5.83. The van der Waals surface area contributed by atoms with E-state index in [1.54, 1.807) is 0 Å². The Balaban J connectivity index is 3.99. The molecule has 1 atom stereocenters. The van der Waals surface area contributed by atoms with Crippen LogP contribution in [0.5, 0.6) is 0 Å². The normalized spacial score (nSPS) is 14.1. The van der Waals surface area contributed by atoms with E-state index < -0.39 is 17.5 Å². The minimum atomic E-state index is -1.38. The molecule has 0 fully saturated rings. The number of carbonyl (C=O) groups excluding carboxylic acids is 1. The number of ketones is 1. The Hall–Kier alpha value is -1.43. The van der Waals surface area contributed by atoms with Gasteiger partial charge in [0.1, 0.15) is 5.78 Å². The summed E-state index contributed by atoms with van der Waals surface area (Å²) in [4.78, 5) is 31.7. The van der Waals surface area contributed by atoms with Crippen LogP contribution in [-0.4, -0.2) is 38.6 Å². The molecule has 0 heterocycles. The number of hydrogen-bond acceptors (Lipinski definition) is 4. The van der Waals surface area contributed by atoms with Crippen LogP contribution in [0.15, 0.2) is 0 Å². The predicted molar refractivity (Wildman–Crippen MR) is 54.0 cm³/mol. The second-order valence-electron chi connectivity index (χ2n) is 4.00. The van der Waals surface area contributed by atoms with E-state index in [4.69, 9.17) is 10.2 Å². The van der Waals surface area contributed by atoms with Gasteiger partial charge in [0.05, 0.1) is 12.0 Å². The third kappa shape index (κ3) is 7.93. The highest BCUT2D eigenvalue weighted by atomic mass is 16.4. The molecule has 0 amide bonds. The third-order valence-electron chi connectivity index (χ3n) is 2.07. The molecular formula is C10H16O6. The monoisotopic (exact) mass is 232 g/mol. The SMILES string of the molecule is CC(O)(CCC(=O)O)CC(=O)CCC(=O)O. The first-order chi connectivity index (χ1) is 7.23. The van der Waals surface area contributed by atoms with Gasteiger partial charge >= 0.3 is 11.9 Å². The topological polar surface area (TPSA) is 112 Å². The maximum absolute atomic E-state index is 11.2. The van der Waals surface area contributed by atoms with Crippen LogP contribution in [0.2, 0.25) is 0 Å². The van der Waals surface area contributed by atoms with E-state index in [-0.39, 0.29) is 37.9 Å². The van der Waals surface area contributed by atoms with Crippen molar-refractivity contribution < 1.29 is 29.7 Å². The summed E-state index contributed by atoms with van der Waals surface area (Å²) in [6, 6.07) is 0. The molecule has 0 radical (unpaired) electrons. The average Bonchev–Trinajstić information content (AvgIpc) is 2.11.